The molecule has 0 amide bonds. The molecule has 1 heterocycles. The van der Waals surface area contributed by atoms with Crippen LogP contribution in [0.5, 0.6) is 0 Å². The van der Waals surface area contributed by atoms with E-state index in [0.717, 1.165) is 6.61 Å². The van der Waals surface area contributed by atoms with Crippen molar-refractivity contribution in [1.29, 1.82) is 0 Å². The Balaban J connectivity index is 2.59. The molecule has 1 nitrogen and oxygen atoms in total. The molecule has 0 saturated heterocycles. The predicted octanol–water partition coefficient (Wildman–Crippen LogP) is 1.07. The van der Waals surface area contributed by atoms with E-state index in [0.29, 0.717) is 0 Å². The van der Waals surface area contributed by atoms with Crippen LogP contribution in [0.4, 0.5) is 0 Å². The number of hydrogen-bond acceptors (Lipinski definition) is 1. The van der Waals surface area contributed by atoms with Gasteiger partial charge in [-0.05, 0) is 39.7 Å². The Morgan fingerprint density at radius 3 is 3.20 bits per heavy atom. The third kappa shape index (κ3) is 0.972. The minimum atomic E-state index is 0.742. The van der Waals surface area contributed by atoms with Gasteiger partial charge in [0.2, 0.25) is 0 Å². The summed E-state index contributed by atoms with van der Waals surface area (Å²) in [5.41, 5.74) is 2.55. The van der Waals surface area contributed by atoms with Gasteiger partial charge in [0.1, 0.15) is 0 Å². The van der Waals surface area contributed by atoms with Crippen LogP contribution in [0, 0.1) is 3.57 Å². The van der Waals surface area contributed by atoms with Crippen molar-refractivity contribution in [1.82, 2.24) is 0 Å². The summed E-state index contributed by atoms with van der Waals surface area (Å²) in [6, 6.07) is 6.24. The second kappa shape index (κ2) is 2.55. The van der Waals surface area contributed by atoms with E-state index < -0.39 is 0 Å². The summed E-state index contributed by atoms with van der Waals surface area (Å²) < 4.78 is 6.44. The van der Waals surface area contributed by atoms with Crippen LogP contribution < -0.4 is 5.46 Å². The molecule has 0 unspecified atom stereocenters. The Bertz CT molecular complexity index is 262. The number of rotatable bonds is 0. The third-order valence-electron chi connectivity index (χ3n) is 1.58. The van der Waals surface area contributed by atoms with Crippen LogP contribution in [0.25, 0.3) is 0 Å². The van der Waals surface area contributed by atoms with E-state index in [4.69, 9.17) is 4.65 Å². The van der Waals surface area contributed by atoms with E-state index in [2.05, 4.69) is 40.8 Å². The van der Waals surface area contributed by atoms with E-state index in [-0.39, 0.29) is 0 Å². The molecule has 1 radical (unpaired) electrons. The average Bonchev–Trinajstić information content (AvgIpc) is 2.36. The second-order valence-electron chi connectivity index (χ2n) is 2.24. The third-order valence-corrected chi connectivity index (χ3v) is 2.52. The van der Waals surface area contributed by atoms with Gasteiger partial charge < -0.3 is 4.65 Å². The van der Waals surface area contributed by atoms with E-state index >= 15 is 0 Å². The van der Waals surface area contributed by atoms with Gasteiger partial charge in [0, 0.05) is 3.57 Å². The van der Waals surface area contributed by atoms with Crippen molar-refractivity contribution in [3.8, 4) is 0 Å². The van der Waals surface area contributed by atoms with Gasteiger partial charge in [-0.3, -0.25) is 0 Å². The molecule has 49 valence electrons. The topological polar surface area (TPSA) is 9.23 Å². The highest BCUT2D eigenvalue weighted by molar-refractivity contribution is 14.1. The minimum Gasteiger partial charge on any atom is -0.430 e. The number of halogens is 1. The minimum absolute atomic E-state index is 0.742. The zero-order valence-corrected chi connectivity index (χ0v) is 7.46. The van der Waals surface area contributed by atoms with Crippen molar-refractivity contribution in [2.24, 2.45) is 0 Å². The zero-order valence-electron chi connectivity index (χ0n) is 5.30. The van der Waals surface area contributed by atoms with E-state index in [1.54, 1.807) is 0 Å². The molecule has 10 heavy (non-hydrogen) atoms. The molecular weight excluding hydrogens is 238 g/mol. The SMILES string of the molecule is Ic1cccc2c1[B]OC2. The fourth-order valence-corrected chi connectivity index (χ4v) is 1.74. The quantitative estimate of drug-likeness (QED) is 0.489. The van der Waals surface area contributed by atoms with Gasteiger partial charge in [0.25, 0.3) is 0 Å². The van der Waals surface area contributed by atoms with E-state index in [9.17, 15) is 0 Å². The molecule has 0 saturated carbocycles. The molecule has 1 aliphatic rings. The Morgan fingerprint density at radius 1 is 1.50 bits per heavy atom. The van der Waals surface area contributed by atoms with Gasteiger partial charge in [-0.15, -0.1) is 0 Å². The van der Waals surface area contributed by atoms with Crippen molar-refractivity contribution in [3.05, 3.63) is 27.3 Å². The summed E-state index contributed by atoms with van der Waals surface area (Å²) in [5.74, 6) is 0. The maximum atomic E-state index is 5.17. The van der Waals surface area contributed by atoms with Crippen molar-refractivity contribution in [3.63, 3.8) is 0 Å². The van der Waals surface area contributed by atoms with Crippen LogP contribution in [-0.2, 0) is 11.3 Å². The molecule has 0 fully saturated rings. The summed E-state index contributed by atoms with van der Waals surface area (Å²) in [5, 5.41) is 0. The first kappa shape index (κ1) is 6.67. The predicted molar refractivity (Wildman–Crippen MR) is 49.3 cm³/mol. The second-order valence-corrected chi connectivity index (χ2v) is 3.40. The van der Waals surface area contributed by atoms with Crippen LogP contribution >= 0.6 is 22.6 Å². The lowest BCUT2D eigenvalue weighted by atomic mass is 9.88. The zero-order chi connectivity index (χ0) is 6.97. The van der Waals surface area contributed by atoms with Gasteiger partial charge >= 0.3 is 7.48 Å². The molecule has 0 bridgehead atoms. The molecule has 2 rings (SSSR count). The molecule has 1 aliphatic heterocycles. The fourth-order valence-electron chi connectivity index (χ4n) is 1.05. The first-order chi connectivity index (χ1) is 4.88. The molecule has 0 aliphatic carbocycles. The Morgan fingerprint density at radius 2 is 2.40 bits per heavy atom. The van der Waals surface area contributed by atoms with E-state index in [1.807, 2.05) is 7.48 Å². The molecule has 0 atom stereocenters. The smallest absolute Gasteiger partial charge is 0.331 e. The van der Waals surface area contributed by atoms with Gasteiger partial charge in [0.15, 0.2) is 0 Å². The standard InChI is InChI=1S/C7H5BIO/c9-6-3-1-2-5-4-10-8-7(5)6/h1-3H,4H2. The summed E-state index contributed by atoms with van der Waals surface area (Å²) in [4.78, 5) is 0. The highest BCUT2D eigenvalue weighted by atomic mass is 127. The van der Waals surface area contributed by atoms with Crippen LogP contribution in [0.2, 0.25) is 0 Å². The maximum absolute atomic E-state index is 5.17. The van der Waals surface area contributed by atoms with Gasteiger partial charge in [-0.1, -0.05) is 12.1 Å². The lowest BCUT2D eigenvalue weighted by Gasteiger charge is -1.96. The average molecular weight is 243 g/mol. The molecule has 0 N–H and O–H groups in total. The molecule has 3 heteroatoms. The van der Waals surface area contributed by atoms with Gasteiger partial charge in [0.05, 0.1) is 6.61 Å². The van der Waals surface area contributed by atoms with Crippen LogP contribution in [0.1, 0.15) is 5.56 Å². The van der Waals surface area contributed by atoms with Crippen molar-refractivity contribution in [2.75, 3.05) is 0 Å². The summed E-state index contributed by atoms with van der Waals surface area (Å²) in [7, 11) is 1.83. The number of fused-ring (bicyclic) bond motifs is 1. The summed E-state index contributed by atoms with van der Waals surface area (Å²) >= 11 is 2.31. The molecular formula is C7H5BIO. The van der Waals surface area contributed by atoms with Crippen molar-refractivity contribution in [2.45, 2.75) is 6.61 Å². The monoisotopic (exact) mass is 243 g/mol. The largest absolute Gasteiger partial charge is 0.430 e. The van der Waals surface area contributed by atoms with E-state index in [1.165, 1.54) is 14.6 Å². The summed E-state index contributed by atoms with van der Waals surface area (Å²) in [6.07, 6.45) is 0. The lowest BCUT2D eigenvalue weighted by Crippen LogP contribution is -2.14. The Labute approximate surface area is 74.2 Å². The maximum Gasteiger partial charge on any atom is 0.331 e. The molecule has 1 aromatic carbocycles. The van der Waals surface area contributed by atoms with Gasteiger partial charge in [-0.2, -0.15) is 0 Å². The molecule has 1 aromatic rings. The number of benzene rings is 1. The highest BCUT2D eigenvalue weighted by Gasteiger charge is 2.14. The Hall–Kier alpha value is -0.0251. The summed E-state index contributed by atoms with van der Waals surface area (Å²) in [6.45, 7) is 0.742. The fraction of sp³-hybridized carbons (Fsp3) is 0.143. The Kier molecular flexibility index (Phi) is 1.70. The van der Waals surface area contributed by atoms with Crippen LogP contribution in [0.15, 0.2) is 18.2 Å². The van der Waals surface area contributed by atoms with Crippen LogP contribution in [0.3, 0.4) is 0 Å². The number of hydrogen-bond donors (Lipinski definition) is 0. The van der Waals surface area contributed by atoms with Crippen molar-refractivity contribution >= 4 is 35.5 Å². The molecule has 0 spiro atoms. The lowest BCUT2D eigenvalue weighted by molar-refractivity contribution is 0.345. The normalized spacial score (nSPS) is 14.5. The highest BCUT2D eigenvalue weighted by Crippen LogP contribution is 2.10. The van der Waals surface area contributed by atoms with Crippen molar-refractivity contribution < 1.29 is 4.65 Å². The van der Waals surface area contributed by atoms with Crippen LogP contribution in [-0.4, -0.2) is 7.48 Å². The first-order valence-electron chi connectivity index (χ1n) is 3.10. The first-order valence-corrected chi connectivity index (χ1v) is 4.18. The van der Waals surface area contributed by atoms with Gasteiger partial charge in [-0.25, -0.2) is 0 Å². The molecule has 0 aromatic heterocycles.